The molecule has 0 bridgehead atoms. The second kappa shape index (κ2) is 6.51. The Morgan fingerprint density at radius 3 is 2.77 bits per heavy atom. The lowest BCUT2D eigenvalue weighted by molar-refractivity contribution is 0.0601. The van der Waals surface area contributed by atoms with E-state index in [1.54, 1.807) is 0 Å². The zero-order valence-electron chi connectivity index (χ0n) is 17.4. The Hall–Kier alpha value is -2.50. The third-order valence-electron chi connectivity index (χ3n) is 2.94. The molecule has 0 spiro atoms. The molecular weight excluding hydrogens is 292 g/mol. The average molecular weight is 313 g/mol. The van der Waals surface area contributed by atoms with Crippen LogP contribution in [0.3, 0.4) is 0 Å². The van der Waals surface area contributed by atoms with Crippen LogP contribution in [0.2, 0.25) is 0 Å². The van der Waals surface area contributed by atoms with Crippen molar-refractivity contribution in [3.05, 3.63) is 47.3 Å². The number of aromatic nitrogens is 1. The van der Waals surface area contributed by atoms with Crippen LogP contribution < -0.4 is 4.74 Å². The summed E-state index contributed by atoms with van der Waals surface area (Å²) < 4.78 is 80.0. The highest BCUT2D eigenvalue weighted by Crippen LogP contribution is 2.35. The fraction of sp³-hybridized carbons (Fsp3) is 0.250. The predicted molar refractivity (Wildman–Crippen MR) is 77.3 cm³/mol. The first-order valence-electron chi connectivity index (χ1n) is 9.04. The van der Waals surface area contributed by atoms with Gasteiger partial charge in [0.2, 0.25) is 0 Å². The molecule has 4 nitrogen and oxygen atoms in total. The van der Waals surface area contributed by atoms with Crippen molar-refractivity contribution < 1.29 is 31.3 Å². The van der Waals surface area contributed by atoms with Crippen molar-refractivity contribution in [2.75, 3.05) is 14.1 Å². The van der Waals surface area contributed by atoms with E-state index >= 15 is 0 Å². The lowest BCUT2D eigenvalue weighted by Crippen LogP contribution is -2.05. The molecule has 0 aliphatic rings. The summed E-state index contributed by atoms with van der Waals surface area (Å²) in [5, 5.41) is 0. The molecule has 0 atom stereocenters. The smallest absolute Gasteiger partial charge is 0.338 e. The molecule has 0 saturated carbocycles. The van der Waals surface area contributed by atoms with Gasteiger partial charge < -0.3 is 9.47 Å². The topological polar surface area (TPSA) is 48.4 Å². The van der Waals surface area contributed by atoms with Crippen LogP contribution in [-0.2, 0) is 4.74 Å². The summed E-state index contributed by atoms with van der Waals surface area (Å²) in [7, 11) is -1.85. The molecule has 0 aliphatic heterocycles. The Kier molecular flexibility index (Phi) is 2.81. The van der Waals surface area contributed by atoms with E-state index in [4.69, 9.17) is 13.0 Å². The molecule has 1 heterocycles. The van der Waals surface area contributed by atoms with E-state index in [1.807, 2.05) is 0 Å². The molecule has 6 heteroatoms. The summed E-state index contributed by atoms with van der Waals surface area (Å²) in [6.45, 7) is -2.56. The van der Waals surface area contributed by atoms with Gasteiger partial charge in [0.25, 0.3) is 6.43 Å². The minimum Gasteiger partial charge on any atom is -0.494 e. The lowest BCUT2D eigenvalue weighted by atomic mass is 9.97. The maximum Gasteiger partial charge on any atom is 0.338 e. The van der Waals surface area contributed by atoms with Gasteiger partial charge in [-0.2, -0.15) is 0 Å². The van der Waals surface area contributed by atoms with Crippen molar-refractivity contribution in [3.8, 4) is 16.9 Å². The number of pyridine rings is 1. The van der Waals surface area contributed by atoms with Crippen LogP contribution in [0.25, 0.3) is 11.1 Å². The molecule has 2 rings (SSSR count). The highest BCUT2D eigenvalue weighted by atomic mass is 19.3. The fourth-order valence-electron chi connectivity index (χ4n) is 1.93. The number of aryl methyl sites for hydroxylation is 1. The number of methoxy groups -OCH3 is 2. The third kappa shape index (κ3) is 3.05. The highest BCUT2D eigenvalue weighted by Gasteiger charge is 2.19. The van der Waals surface area contributed by atoms with E-state index in [2.05, 4.69) is 9.72 Å². The number of ether oxygens (including phenoxy) is 2. The van der Waals surface area contributed by atoms with Gasteiger partial charge in [-0.05, 0) is 19.0 Å². The summed E-state index contributed by atoms with van der Waals surface area (Å²) in [6.07, 6.45) is -2.21. The van der Waals surface area contributed by atoms with E-state index in [0.29, 0.717) is 0 Å². The zero-order valence-corrected chi connectivity index (χ0v) is 11.4. The van der Waals surface area contributed by atoms with Gasteiger partial charge in [-0.3, -0.25) is 4.98 Å². The van der Waals surface area contributed by atoms with Crippen LogP contribution in [-0.4, -0.2) is 25.1 Å². The van der Waals surface area contributed by atoms with Gasteiger partial charge in [0.15, 0.2) is 0 Å². The van der Waals surface area contributed by atoms with Crippen LogP contribution in [0.4, 0.5) is 8.78 Å². The Bertz CT molecular complexity index is 884. The lowest BCUT2D eigenvalue weighted by Gasteiger charge is -2.14. The number of carbonyl (C=O) groups excluding carboxylic acids is 1. The summed E-state index contributed by atoms with van der Waals surface area (Å²) >= 11 is 0. The number of halogens is 2. The summed E-state index contributed by atoms with van der Waals surface area (Å²) in [6, 6.07) is 4.25. The first-order valence-corrected chi connectivity index (χ1v) is 6.04. The number of benzene rings is 1. The molecule has 0 saturated heterocycles. The molecule has 116 valence electrons. The van der Waals surface area contributed by atoms with E-state index in [9.17, 15) is 13.6 Å². The van der Waals surface area contributed by atoms with Crippen LogP contribution in [0.5, 0.6) is 5.75 Å². The van der Waals surface area contributed by atoms with E-state index in [0.717, 1.165) is 31.5 Å². The minimum atomic E-state index is -2.99. The molecule has 22 heavy (non-hydrogen) atoms. The van der Waals surface area contributed by atoms with Crippen molar-refractivity contribution >= 4 is 5.97 Å². The fourth-order valence-corrected chi connectivity index (χ4v) is 1.93. The van der Waals surface area contributed by atoms with Crippen LogP contribution in [0.1, 0.15) is 36.3 Å². The molecule has 1 aromatic heterocycles. The van der Waals surface area contributed by atoms with E-state index in [-0.39, 0.29) is 22.3 Å². The molecular formula is C16H15F2NO3. The van der Waals surface area contributed by atoms with Gasteiger partial charge in [-0.1, -0.05) is 17.7 Å². The van der Waals surface area contributed by atoms with E-state index < -0.39 is 37.7 Å². The molecule has 0 aliphatic carbocycles. The Balaban J connectivity index is 2.82. The second-order valence-corrected chi connectivity index (χ2v) is 4.26. The summed E-state index contributed by atoms with van der Waals surface area (Å²) in [4.78, 5) is 15.6. The maximum absolute atomic E-state index is 13.1. The van der Waals surface area contributed by atoms with Gasteiger partial charge >= 0.3 is 5.97 Å². The van der Waals surface area contributed by atoms with E-state index in [1.165, 1.54) is 6.07 Å². The van der Waals surface area contributed by atoms with Crippen LogP contribution >= 0.6 is 0 Å². The van der Waals surface area contributed by atoms with Crippen LogP contribution in [0.15, 0.2) is 30.5 Å². The Morgan fingerprint density at radius 1 is 1.32 bits per heavy atom. The van der Waals surface area contributed by atoms with Crippen molar-refractivity contribution in [1.29, 1.82) is 0 Å². The van der Waals surface area contributed by atoms with Crippen molar-refractivity contribution in [1.82, 2.24) is 4.98 Å². The summed E-state index contributed by atoms with van der Waals surface area (Å²) in [5.41, 5.74) is -1.41. The molecule has 0 amide bonds. The molecule has 0 fully saturated rings. The number of hydrogen-bond donors (Lipinski definition) is 0. The predicted octanol–water partition coefficient (Wildman–Crippen LogP) is 3.79. The molecule has 0 radical (unpaired) electrons. The highest BCUT2D eigenvalue weighted by molar-refractivity contribution is 5.98. The number of hydrogen-bond acceptors (Lipinski definition) is 4. The number of carbonyl (C=O) groups is 1. The number of nitrogens with zero attached hydrogens (tertiary/aromatic N) is 1. The molecule has 0 unspecified atom stereocenters. The standard InChI is InChI=1S/C16H15F2NO3/c1-9-4-5-10(16(20)22-3)11(6-9)12-7-13(15(17)18)19-8-14(12)21-2/h4-8,15H,1-3H3/i1D3,2D3. The Morgan fingerprint density at radius 2 is 2.14 bits per heavy atom. The molecule has 2 aromatic rings. The molecule has 0 N–H and O–H groups in total. The van der Waals surface area contributed by atoms with Gasteiger partial charge in [0, 0.05) is 15.2 Å². The Labute approximate surface area is 135 Å². The minimum absolute atomic E-state index is 0.135. The third-order valence-corrected chi connectivity index (χ3v) is 2.94. The second-order valence-electron chi connectivity index (χ2n) is 4.26. The first kappa shape index (κ1) is 9.50. The normalized spacial score (nSPS) is 15.8. The largest absolute Gasteiger partial charge is 0.494 e. The number of alkyl halides is 2. The number of esters is 1. The SMILES string of the molecule is [2H]C([2H])([2H])Oc1cnc(C(F)F)cc1-c1cc(C([2H])([2H])[2H])ccc1C(=O)OC. The van der Waals surface area contributed by atoms with Crippen molar-refractivity contribution in [2.45, 2.75) is 13.3 Å². The van der Waals surface area contributed by atoms with Gasteiger partial charge in [0.1, 0.15) is 11.4 Å². The summed E-state index contributed by atoms with van der Waals surface area (Å²) in [5.74, 6) is -1.29. The quantitative estimate of drug-likeness (QED) is 0.806. The van der Waals surface area contributed by atoms with Crippen LogP contribution in [0, 0.1) is 6.85 Å². The maximum atomic E-state index is 13.1. The number of rotatable bonds is 4. The first-order chi connectivity index (χ1) is 12.8. The zero-order chi connectivity index (χ0) is 21.3. The van der Waals surface area contributed by atoms with Gasteiger partial charge in [-0.25, -0.2) is 13.6 Å². The molecule has 1 aromatic carbocycles. The van der Waals surface area contributed by atoms with Crippen molar-refractivity contribution in [2.24, 2.45) is 0 Å². The van der Waals surface area contributed by atoms with Crippen molar-refractivity contribution in [3.63, 3.8) is 0 Å². The van der Waals surface area contributed by atoms with Gasteiger partial charge in [-0.15, -0.1) is 0 Å². The monoisotopic (exact) mass is 313 g/mol. The average Bonchev–Trinajstić information content (AvgIpc) is 2.58. The van der Waals surface area contributed by atoms with Gasteiger partial charge in [0.05, 0.1) is 30.0 Å².